The first kappa shape index (κ1) is 15.9. The average molecular weight is 335 g/mol. The molecule has 0 amide bonds. The van der Waals surface area contributed by atoms with E-state index in [9.17, 15) is 5.26 Å². The van der Waals surface area contributed by atoms with Crippen molar-refractivity contribution in [2.45, 2.75) is 0 Å². The van der Waals surface area contributed by atoms with Gasteiger partial charge in [0.2, 0.25) is 0 Å². The van der Waals surface area contributed by atoms with Crippen LogP contribution in [0.4, 0.5) is 0 Å². The van der Waals surface area contributed by atoms with Gasteiger partial charge in [-0.1, -0.05) is 23.7 Å². The fraction of sp³-hybridized carbons (Fsp3) is 0.0500. The van der Waals surface area contributed by atoms with E-state index in [0.29, 0.717) is 10.6 Å². The van der Waals surface area contributed by atoms with Crippen molar-refractivity contribution in [1.29, 1.82) is 5.26 Å². The van der Waals surface area contributed by atoms with E-state index in [0.717, 1.165) is 22.6 Å². The second-order valence-electron chi connectivity index (χ2n) is 5.23. The third kappa shape index (κ3) is 3.51. The highest BCUT2D eigenvalue weighted by Crippen LogP contribution is 2.22. The molecule has 4 heteroatoms. The first-order valence-electron chi connectivity index (χ1n) is 7.40. The molecule has 1 heterocycles. The van der Waals surface area contributed by atoms with Gasteiger partial charge >= 0.3 is 0 Å². The number of hydrogen-bond donors (Lipinski definition) is 0. The maximum atomic E-state index is 9.43. The maximum Gasteiger partial charge on any atom is 0.119 e. The summed E-state index contributed by atoms with van der Waals surface area (Å²) in [6.45, 7) is 0. The normalized spacial score (nSPS) is 11.1. The van der Waals surface area contributed by atoms with Gasteiger partial charge in [0.15, 0.2) is 0 Å². The van der Waals surface area contributed by atoms with E-state index in [2.05, 4.69) is 6.07 Å². The second kappa shape index (κ2) is 7.08. The topological polar surface area (TPSA) is 38.0 Å². The fourth-order valence-corrected chi connectivity index (χ4v) is 2.61. The first-order chi connectivity index (χ1) is 11.7. The van der Waals surface area contributed by atoms with Crippen LogP contribution in [0.15, 0.2) is 67.0 Å². The van der Waals surface area contributed by atoms with Gasteiger partial charge in [0, 0.05) is 23.1 Å². The van der Waals surface area contributed by atoms with E-state index >= 15 is 0 Å². The maximum absolute atomic E-state index is 9.43. The fourth-order valence-electron chi connectivity index (χ4n) is 2.42. The van der Waals surface area contributed by atoms with Crippen LogP contribution in [0.2, 0.25) is 5.02 Å². The average Bonchev–Trinajstić information content (AvgIpc) is 3.08. The Hall–Kier alpha value is -2.96. The van der Waals surface area contributed by atoms with Crippen molar-refractivity contribution in [2.75, 3.05) is 7.11 Å². The molecule has 0 aliphatic heterocycles. The van der Waals surface area contributed by atoms with E-state index in [1.807, 2.05) is 65.5 Å². The molecule has 0 aliphatic rings. The summed E-state index contributed by atoms with van der Waals surface area (Å²) in [5, 5.41) is 10.0. The number of nitriles is 1. The van der Waals surface area contributed by atoms with Gasteiger partial charge in [0.1, 0.15) is 5.75 Å². The zero-order valence-electron chi connectivity index (χ0n) is 13.1. The molecular formula is C20H15ClN2O. The number of aromatic nitrogens is 1. The number of halogens is 1. The van der Waals surface area contributed by atoms with Crippen LogP contribution in [0.3, 0.4) is 0 Å². The molecule has 3 nitrogen and oxygen atoms in total. The summed E-state index contributed by atoms with van der Waals surface area (Å²) >= 11 is 6.01. The molecule has 1 aromatic heterocycles. The number of hydrogen-bond acceptors (Lipinski definition) is 2. The van der Waals surface area contributed by atoms with Gasteiger partial charge in [-0.15, -0.1) is 0 Å². The van der Waals surface area contributed by atoms with Crippen LogP contribution >= 0.6 is 11.6 Å². The van der Waals surface area contributed by atoms with E-state index in [4.69, 9.17) is 16.3 Å². The van der Waals surface area contributed by atoms with Crippen molar-refractivity contribution in [3.05, 3.63) is 83.1 Å². The molecule has 0 atom stereocenters. The summed E-state index contributed by atoms with van der Waals surface area (Å²) in [6, 6.07) is 19.3. The van der Waals surface area contributed by atoms with Gasteiger partial charge in [0.05, 0.1) is 18.8 Å². The van der Waals surface area contributed by atoms with Crippen LogP contribution < -0.4 is 4.74 Å². The monoisotopic (exact) mass is 334 g/mol. The predicted octanol–water partition coefficient (Wildman–Crippen LogP) is 5.20. The molecule has 0 spiro atoms. The summed E-state index contributed by atoms with van der Waals surface area (Å²) in [5.74, 6) is 0.818. The van der Waals surface area contributed by atoms with Gasteiger partial charge in [-0.05, 0) is 59.7 Å². The Labute approximate surface area is 146 Å². The Kier molecular flexibility index (Phi) is 4.69. The molecule has 24 heavy (non-hydrogen) atoms. The smallest absolute Gasteiger partial charge is 0.119 e. The van der Waals surface area contributed by atoms with Gasteiger partial charge in [-0.2, -0.15) is 5.26 Å². The molecule has 0 saturated carbocycles. The molecule has 0 unspecified atom stereocenters. The van der Waals surface area contributed by atoms with Gasteiger partial charge in [0.25, 0.3) is 0 Å². The van der Waals surface area contributed by atoms with E-state index in [1.54, 1.807) is 19.2 Å². The van der Waals surface area contributed by atoms with Crippen molar-refractivity contribution in [3.63, 3.8) is 0 Å². The molecule has 3 aromatic rings. The number of benzene rings is 2. The van der Waals surface area contributed by atoms with Crippen LogP contribution in [0.25, 0.3) is 17.3 Å². The number of nitrogens with zero attached hydrogens (tertiary/aromatic N) is 2. The van der Waals surface area contributed by atoms with Crippen molar-refractivity contribution < 1.29 is 4.74 Å². The standard InChI is InChI=1S/C20H15ClN2O/c1-24-20-7-5-19(6-8-20)23-10-9-15(14-23)11-17(13-22)16-3-2-4-18(21)12-16/h2-12,14H,1H3/b17-11+. The van der Waals surface area contributed by atoms with Crippen LogP contribution in [-0.2, 0) is 0 Å². The van der Waals surface area contributed by atoms with Gasteiger partial charge < -0.3 is 9.30 Å². The largest absolute Gasteiger partial charge is 0.497 e. The SMILES string of the molecule is COc1ccc(-n2ccc(/C=C(\C#N)c3cccc(Cl)c3)c2)cc1. The molecule has 3 rings (SSSR count). The minimum absolute atomic E-state index is 0.574. The molecule has 0 N–H and O–H groups in total. The summed E-state index contributed by atoms with van der Waals surface area (Å²) in [4.78, 5) is 0. The summed E-state index contributed by atoms with van der Waals surface area (Å²) in [6.07, 6.45) is 5.79. The first-order valence-corrected chi connectivity index (χ1v) is 7.77. The molecule has 0 radical (unpaired) electrons. The van der Waals surface area contributed by atoms with Crippen LogP contribution in [-0.4, -0.2) is 11.7 Å². The Balaban J connectivity index is 1.90. The third-order valence-electron chi connectivity index (χ3n) is 3.65. The quantitative estimate of drug-likeness (QED) is 0.615. The lowest BCUT2D eigenvalue weighted by Crippen LogP contribution is -1.90. The summed E-state index contributed by atoms with van der Waals surface area (Å²) in [7, 11) is 1.65. The van der Waals surface area contributed by atoms with Gasteiger partial charge in [-0.3, -0.25) is 0 Å². The number of rotatable bonds is 4. The predicted molar refractivity (Wildman–Crippen MR) is 97.3 cm³/mol. The van der Waals surface area contributed by atoms with E-state index in [-0.39, 0.29) is 0 Å². The third-order valence-corrected chi connectivity index (χ3v) is 3.89. The van der Waals surface area contributed by atoms with Crippen molar-refractivity contribution in [1.82, 2.24) is 4.57 Å². The molecule has 0 bridgehead atoms. The van der Waals surface area contributed by atoms with Crippen LogP contribution in [0, 0.1) is 11.3 Å². The highest BCUT2D eigenvalue weighted by molar-refractivity contribution is 6.30. The molecule has 0 aliphatic carbocycles. The minimum atomic E-state index is 0.574. The highest BCUT2D eigenvalue weighted by Gasteiger charge is 2.04. The zero-order valence-corrected chi connectivity index (χ0v) is 13.9. The molecule has 2 aromatic carbocycles. The lowest BCUT2D eigenvalue weighted by Gasteiger charge is -2.04. The summed E-state index contributed by atoms with van der Waals surface area (Å²) in [5.41, 5.74) is 3.35. The number of ether oxygens (including phenoxy) is 1. The Morgan fingerprint density at radius 3 is 2.62 bits per heavy atom. The van der Waals surface area contributed by atoms with Crippen LogP contribution in [0.1, 0.15) is 11.1 Å². The van der Waals surface area contributed by atoms with Crippen LogP contribution in [0.5, 0.6) is 5.75 Å². The Morgan fingerprint density at radius 1 is 1.17 bits per heavy atom. The number of allylic oxidation sites excluding steroid dienone is 1. The van der Waals surface area contributed by atoms with Gasteiger partial charge in [-0.25, -0.2) is 0 Å². The van der Waals surface area contributed by atoms with Crippen molar-refractivity contribution in [2.24, 2.45) is 0 Å². The minimum Gasteiger partial charge on any atom is -0.497 e. The Bertz CT molecular complexity index is 917. The molecular weight excluding hydrogens is 320 g/mol. The lowest BCUT2D eigenvalue weighted by atomic mass is 10.1. The van der Waals surface area contributed by atoms with Crippen molar-refractivity contribution >= 4 is 23.3 Å². The second-order valence-corrected chi connectivity index (χ2v) is 5.67. The highest BCUT2D eigenvalue weighted by atomic mass is 35.5. The molecule has 0 saturated heterocycles. The summed E-state index contributed by atoms with van der Waals surface area (Å²) < 4.78 is 7.17. The number of methoxy groups -OCH3 is 1. The van der Waals surface area contributed by atoms with E-state index in [1.165, 1.54) is 0 Å². The molecule has 118 valence electrons. The lowest BCUT2D eigenvalue weighted by molar-refractivity contribution is 0.415. The Morgan fingerprint density at radius 2 is 1.96 bits per heavy atom. The zero-order chi connectivity index (χ0) is 16.9. The molecule has 0 fully saturated rings. The van der Waals surface area contributed by atoms with Crippen molar-refractivity contribution in [3.8, 4) is 17.5 Å². The van der Waals surface area contributed by atoms with E-state index < -0.39 is 0 Å².